The summed E-state index contributed by atoms with van der Waals surface area (Å²) in [4.78, 5) is 27.3. The number of likely N-dealkylation sites (tertiary alicyclic amines) is 1. The highest BCUT2D eigenvalue weighted by atomic mass is 35.5. The first-order chi connectivity index (χ1) is 15.3. The van der Waals surface area contributed by atoms with E-state index in [1.165, 1.54) is 48.4 Å². The molecule has 0 spiro atoms. The Morgan fingerprint density at radius 1 is 1.16 bits per heavy atom. The smallest absolute Gasteiger partial charge is 0.296 e. The largest absolute Gasteiger partial charge is 0.507 e. The first kappa shape index (κ1) is 21.6. The average Bonchev–Trinajstić information content (AvgIpc) is 3.31. The maximum Gasteiger partial charge on any atom is 0.296 e. The Labute approximate surface area is 188 Å². The standard InChI is InChI=1S/C24H19ClFNO5/c1-13-3-9-19(32-13)21-20(22(28)15-6-10-18(31-2)17(25)11-15)23(29)24(30)27(21)12-14-4-7-16(26)8-5-14/h3-11,21,28H,12H2,1-2H3/b22-20-. The average molecular weight is 456 g/mol. The minimum atomic E-state index is -0.963. The minimum absolute atomic E-state index is 0.0232. The van der Waals surface area contributed by atoms with Crippen molar-refractivity contribution < 1.29 is 28.2 Å². The van der Waals surface area contributed by atoms with Gasteiger partial charge in [-0.3, -0.25) is 9.59 Å². The summed E-state index contributed by atoms with van der Waals surface area (Å²) in [7, 11) is 1.46. The Balaban J connectivity index is 1.83. The minimum Gasteiger partial charge on any atom is -0.507 e. The molecule has 2 heterocycles. The summed E-state index contributed by atoms with van der Waals surface area (Å²) >= 11 is 6.18. The predicted molar refractivity (Wildman–Crippen MR) is 116 cm³/mol. The van der Waals surface area contributed by atoms with Crippen LogP contribution in [0.3, 0.4) is 0 Å². The molecule has 8 heteroatoms. The number of hydrogen-bond acceptors (Lipinski definition) is 5. The molecule has 2 aromatic carbocycles. The van der Waals surface area contributed by atoms with E-state index in [9.17, 15) is 19.1 Å². The van der Waals surface area contributed by atoms with Crippen molar-refractivity contribution in [3.05, 3.63) is 93.7 Å². The van der Waals surface area contributed by atoms with Gasteiger partial charge in [0.25, 0.3) is 11.7 Å². The topological polar surface area (TPSA) is 80.0 Å². The van der Waals surface area contributed by atoms with Crippen LogP contribution in [0.5, 0.6) is 5.75 Å². The van der Waals surface area contributed by atoms with Gasteiger partial charge in [0.15, 0.2) is 0 Å². The van der Waals surface area contributed by atoms with Crippen LogP contribution in [-0.2, 0) is 16.1 Å². The lowest BCUT2D eigenvalue weighted by molar-refractivity contribution is -0.140. The van der Waals surface area contributed by atoms with Gasteiger partial charge in [-0.1, -0.05) is 23.7 Å². The van der Waals surface area contributed by atoms with E-state index in [0.717, 1.165) is 0 Å². The number of ether oxygens (including phenoxy) is 1. The molecule has 1 unspecified atom stereocenters. The third-order valence-corrected chi connectivity index (χ3v) is 5.56. The fourth-order valence-corrected chi connectivity index (χ4v) is 3.95. The third-order valence-electron chi connectivity index (χ3n) is 5.26. The van der Waals surface area contributed by atoms with Gasteiger partial charge in [-0.15, -0.1) is 0 Å². The van der Waals surface area contributed by atoms with Gasteiger partial charge in [0.2, 0.25) is 0 Å². The molecular formula is C24H19ClFNO5. The van der Waals surface area contributed by atoms with Crippen LogP contribution >= 0.6 is 11.6 Å². The van der Waals surface area contributed by atoms with E-state index < -0.39 is 23.5 Å². The molecule has 6 nitrogen and oxygen atoms in total. The predicted octanol–water partition coefficient (Wildman–Crippen LogP) is 5.01. The molecule has 1 N–H and O–H groups in total. The van der Waals surface area contributed by atoms with Crippen molar-refractivity contribution in [1.29, 1.82) is 0 Å². The molecule has 1 fully saturated rings. The number of halogens is 2. The Morgan fingerprint density at radius 3 is 2.47 bits per heavy atom. The lowest BCUT2D eigenvalue weighted by Gasteiger charge is -2.23. The van der Waals surface area contributed by atoms with Gasteiger partial charge in [0.05, 0.1) is 17.7 Å². The van der Waals surface area contributed by atoms with Crippen molar-refractivity contribution >= 4 is 29.1 Å². The number of furan rings is 1. The van der Waals surface area contributed by atoms with Crippen LogP contribution in [0.25, 0.3) is 5.76 Å². The van der Waals surface area contributed by atoms with Gasteiger partial charge < -0.3 is 19.2 Å². The molecule has 1 amide bonds. The molecule has 1 saturated heterocycles. The number of hydrogen-bond donors (Lipinski definition) is 1. The Bertz CT molecular complexity index is 1230. The van der Waals surface area contributed by atoms with Crippen LogP contribution in [-0.4, -0.2) is 28.8 Å². The highest BCUT2D eigenvalue weighted by Gasteiger charge is 2.47. The van der Waals surface area contributed by atoms with Crippen LogP contribution in [0, 0.1) is 12.7 Å². The van der Waals surface area contributed by atoms with Crippen LogP contribution in [0.4, 0.5) is 4.39 Å². The van der Waals surface area contributed by atoms with E-state index in [4.69, 9.17) is 20.8 Å². The fraction of sp³-hybridized carbons (Fsp3) is 0.167. The van der Waals surface area contributed by atoms with Crippen molar-refractivity contribution in [1.82, 2.24) is 4.90 Å². The molecule has 3 aromatic rings. The Morgan fingerprint density at radius 2 is 1.88 bits per heavy atom. The lowest BCUT2D eigenvalue weighted by Crippen LogP contribution is -2.29. The summed E-state index contributed by atoms with van der Waals surface area (Å²) in [6, 6.07) is 12.5. The number of aliphatic hydroxyl groups excluding tert-OH is 1. The van der Waals surface area contributed by atoms with Crippen LogP contribution < -0.4 is 4.74 Å². The number of rotatable bonds is 5. The molecule has 4 rings (SSSR count). The number of amides is 1. The number of benzene rings is 2. The second-order valence-electron chi connectivity index (χ2n) is 7.35. The van der Waals surface area contributed by atoms with Gasteiger partial charge in [-0.2, -0.15) is 0 Å². The van der Waals surface area contributed by atoms with E-state index in [1.54, 1.807) is 25.1 Å². The molecule has 1 aliphatic rings. The van der Waals surface area contributed by atoms with Gasteiger partial charge >= 0.3 is 0 Å². The lowest BCUT2D eigenvalue weighted by atomic mass is 9.99. The van der Waals surface area contributed by atoms with Gasteiger partial charge in [-0.25, -0.2) is 4.39 Å². The van der Waals surface area contributed by atoms with Crippen LogP contribution in [0.2, 0.25) is 5.02 Å². The maximum atomic E-state index is 13.3. The summed E-state index contributed by atoms with van der Waals surface area (Å²) in [5, 5.41) is 11.3. The molecule has 1 aromatic heterocycles. The summed E-state index contributed by atoms with van der Waals surface area (Å²) < 4.78 is 24.2. The zero-order chi connectivity index (χ0) is 23.0. The van der Waals surface area contributed by atoms with E-state index in [2.05, 4.69) is 0 Å². The zero-order valence-corrected chi connectivity index (χ0v) is 18.0. The third kappa shape index (κ3) is 3.87. The SMILES string of the molecule is COc1ccc(/C(O)=C2/C(=O)C(=O)N(Cc3ccc(F)cc3)C2c2ccc(C)o2)cc1Cl. The summed E-state index contributed by atoms with van der Waals surface area (Å²) in [6.07, 6.45) is 0. The number of aryl methyl sites for hydroxylation is 1. The molecule has 1 aliphatic heterocycles. The number of ketones is 1. The summed E-state index contributed by atoms with van der Waals surface area (Å²) in [5.41, 5.74) is 0.755. The monoisotopic (exact) mass is 455 g/mol. The highest BCUT2D eigenvalue weighted by Crippen LogP contribution is 2.41. The van der Waals surface area contributed by atoms with Crippen molar-refractivity contribution in [3.63, 3.8) is 0 Å². The quantitative estimate of drug-likeness (QED) is 0.332. The molecule has 32 heavy (non-hydrogen) atoms. The molecule has 164 valence electrons. The molecule has 0 aliphatic carbocycles. The van der Waals surface area contributed by atoms with E-state index >= 15 is 0 Å². The van der Waals surface area contributed by atoms with E-state index in [-0.39, 0.29) is 28.5 Å². The van der Waals surface area contributed by atoms with Gasteiger partial charge in [0, 0.05) is 12.1 Å². The molecule has 0 saturated carbocycles. The van der Waals surface area contributed by atoms with Crippen molar-refractivity contribution in [3.8, 4) is 5.75 Å². The maximum absolute atomic E-state index is 13.3. The molecule has 1 atom stereocenters. The Kier molecular flexibility index (Phi) is 5.76. The molecular weight excluding hydrogens is 437 g/mol. The number of carbonyl (C=O) groups is 2. The van der Waals surface area contributed by atoms with Crippen molar-refractivity contribution in [2.24, 2.45) is 0 Å². The summed E-state index contributed by atoms with van der Waals surface area (Å²) in [5.74, 6) is -1.13. The van der Waals surface area contributed by atoms with Crippen molar-refractivity contribution in [2.45, 2.75) is 19.5 Å². The first-order valence-corrected chi connectivity index (χ1v) is 10.1. The molecule has 0 bridgehead atoms. The number of Topliss-reactive ketones (excluding diaryl/α,β-unsaturated/α-hetero) is 1. The van der Waals surface area contributed by atoms with E-state index in [1.807, 2.05) is 0 Å². The highest BCUT2D eigenvalue weighted by molar-refractivity contribution is 6.46. The number of methoxy groups -OCH3 is 1. The zero-order valence-electron chi connectivity index (χ0n) is 17.3. The van der Waals surface area contributed by atoms with Crippen LogP contribution in [0.15, 0.2) is 64.6 Å². The second-order valence-corrected chi connectivity index (χ2v) is 7.76. The van der Waals surface area contributed by atoms with Crippen molar-refractivity contribution in [2.75, 3.05) is 7.11 Å². The van der Waals surface area contributed by atoms with Gasteiger partial charge in [0.1, 0.15) is 34.9 Å². The number of nitrogens with zero attached hydrogens (tertiary/aromatic N) is 1. The second kappa shape index (κ2) is 8.51. The number of carbonyl (C=O) groups excluding carboxylic acids is 2. The molecule has 0 radical (unpaired) electrons. The summed E-state index contributed by atoms with van der Waals surface area (Å²) in [6.45, 7) is 1.76. The fourth-order valence-electron chi connectivity index (χ4n) is 3.69. The first-order valence-electron chi connectivity index (χ1n) is 9.73. The Hall–Kier alpha value is -3.58. The van der Waals surface area contributed by atoms with Crippen LogP contribution in [0.1, 0.15) is 28.7 Å². The number of aliphatic hydroxyl groups is 1. The van der Waals surface area contributed by atoms with E-state index in [0.29, 0.717) is 22.8 Å². The normalized spacial score (nSPS) is 17.8. The van der Waals surface area contributed by atoms with Gasteiger partial charge in [-0.05, 0) is 55.0 Å².